The van der Waals surface area contributed by atoms with Crippen molar-refractivity contribution in [2.45, 2.75) is 16.8 Å². The van der Waals surface area contributed by atoms with Gasteiger partial charge in [0, 0.05) is 11.3 Å². The molecule has 68 valence electrons. The van der Waals surface area contributed by atoms with E-state index in [9.17, 15) is 10.1 Å². The van der Waals surface area contributed by atoms with Crippen molar-refractivity contribution in [2.24, 2.45) is 0 Å². The maximum absolute atomic E-state index is 10.5. The van der Waals surface area contributed by atoms with Gasteiger partial charge in [-0.05, 0) is 5.56 Å². The van der Waals surface area contributed by atoms with Crippen LogP contribution in [0.5, 0.6) is 0 Å². The van der Waals surface area contributed by atoms with Gasteiger partial charge in [-0.1, -0.05) is 46.3 Å². The number of nitro groups is 1. The van der Waals surface area contributed by atoms with Gasteiger partial charge in [0.1, 0.15) is 4.32 Å². The lowest BCUT2D eigenvalue weighted by Crippen LogP contribution is -2.11. The zero-order valence-corrected chi connectivity index (χ0v) is 8.40. The maximum atomic E-state index is 10.5. The van der Waals surface area contributed by atoms with E-state index < -0.39 is 10.4 Å². The van der Waals surface area contributed by atoms with Crippen molar-refractivity contribution < 1.29 is 4.92 Å². The van der Waals surface area contributed by atoms with Crippen LogP contribution < -0.4 is 0 Å². The second kappa shape index (κ2) is 2.80. The molecule has 1 fully saturated rings. The molecule has 0 bridgehead atoms. The summed E-state index contributed by atoms with van der Waals surface area (Å²) in [6.07, 6.45) is 0.587. The Morgan fingerprint density at radius 1 is 1.46 bits per heavy atom. The van der Waals surface area contributed by atoms with Crippen molar-refractivity contribution in [3.8, 4) is 0 Å². The van der Waals surface area contributed by atoms with Crippen LogP contribution in [0.2, 0.25) is 0 Å². The molecule has 0 saturated heterocycles. The highest BCUT2D eigenvalue weighted by Crippen LogP contribution is 2.55. The molecule has 1 aromatic carbocycles. The first-order valence-electron chi connectivity index (χ1n) is 4.02. The minimum Gasteiger partial charge on any atom is -0.264 e. The highest BCUT2D eigenvalue weighted by molar-refractivity contribution is 9.09. The van der Waals surface area contributed by atoms with Crippen molar-refractivity contribution in [3.05, 3.63) is 46.0 Å². The Labute approximate surface area is 84.0 Å². The first kappa shape index (κ1) is 8.69. The largest absolute Gasteiger partial charge is 0.264 e. The van der Waals surface area contributed by atoms with E-state index in [1.807, 2.05) is 30.3 Å². The van der Waals surface area contributed by atoms with Gasteiger partial charge in [0.15, 0.2) is 0 Å². The summed E-state index contributed by atoms with van der Waals surface area (Å²) >= 11 is 3.42. The third-order valence-corrected chi connectivity index (χ3v) is 3.68. The van der Waals surface area contributed by atoms with E-state index in [0.29, 0.717) is 6.42 Å². The number of hydrogen-bond acceptors (Lipinski definition) is 2. The third-order valence-electron chi connectivity index (χ3n) is 2.37. The summed E-state index contributed by atoms with van der Waals surface area (Å²) < 4.78 is -0.405. The molecular weight excluding hydrogens is 234 g/mol. The van der Waals surface area contributed by atoms with Crippen molar-refractivity contribution in [3.63, 3.8) is 0 Å². The average Bonchev–Trinajstić information content (AvgIpc) is 2.82. The number of rotatable bonds is 2. The molecule has 1 aromatic rings. The molecule has 2 unspecified atom stereocenters. The number of benzene rings is 1. The molecule has 0 aromatic heterocycles. The van der Waals surface area contributed by atoms with Gasteiger partial charge in [-0.25, -0.2) is 0 Å². The zero-order chi connectivity index (χ0) is 9.47. The quantitative estimate of drug-likeness (QED) is 0.453. The molecule has 0 amide bonds. The van der Waals surface area contributed by atoms with Crippen molar-refractivity contribution in [1.29, 1.82) is 0 Å². The van der Waals surface area contributed by atoms with Crippen LogP contribution in [0, 0.1) is 10.1 Å². The molecule has 1 saturated carbocycles. The standard InChI is InChI=1S/C9H8BrNO2/c10-9(6-8(9)11(12)13)7-4-2-1-3-5-7/h1-5,8H,6H2. The van der Waals surface area contributed by atoms with Gasteiger partial charge in [-0.2, -0.15) is 0 Å². The Bertz CT molecular complexity index is 341. The van der Waals surface area contributed by atoms with E-state index in [1.165, 1.54) is 0 Å². The van der Waals surface area contributed by atoms with Crippen LogP contribution in [0.3, 0.4) is 0 Å². The fourth-order valence-electron chi connectivity index (χ4n) is 1.49. The second-order valence-corrected chi connectivity index (χ2v) is 4.65. The first-order chi connectivity index (χ1) is 6.14. The SMILES string of the molecule is O=[N+]([O-])C1CC1(Br)c1ccccc1. The van der Waals surface area contributed by atoms with Crippen LogP contribution in [0.1, 0.15) is 12.0 Å². The second-order valence-electron chi connectivity index (χ2n) is 3.23. The molecule has 1 aliphatic rings. The van der Waals surface area contributed by atoms with Gasteiger partial charge in [0.05, 0.1) is 0 Å². The number of nitrogens with zero attached hydrogens (tertiary/aromatic N) is 1. The highest BCUT2D eigenvalue weighted by atomic mass is 79.9. The summed E-state index contributed by atoms with van der Waals surface area (Å²) in [5, 5.41) is 10.5. The minimum atomic E-state index is -0.463. The molecule has 0 N–H and O–H groups in total. The zero-order valence-electron chi connectivity index (χ0n) is 6.81. The number of halogens is 1. The molecule has 2 rings (SSSR count). The van der Waals surface area contributed by atoms with Crippen LogP contribution in [0.25, 0.3) is 0 Å². The van der Waals surface area contributed by atoms with E-state index in [4.69, 9.17) is 0 Å². The van der Waals surface area contributed by atoms with Gasteiger partial charge in [0.2, 0.25) is 6.04 Å². The summed E-state index contributed by atoms with van der Waals surface area (Å²) in [4.78, 5) is 10.3. The van der Waals surface area contributed by atoms with Crippen LogP contribution in [-0.4, -0.2) is 11.0 Å². The summed E-state index contributed by atoms with van der Waals surface area (Å²) in [5.41, 5.74) is 0.997. The molecule has 0 aliphatic heterocycles. The monoisotopic (exact) mass is 241 g/mol. The lowest BCUT2D eigenvalue weighted by atomic mass is 10.1. The summed E-state index contributed by atoms with van der Waals surface area (Å²) in [7, 11) is 0. The molecule has 13 heavy (non-hydrogen) atoms. The predicted molar refractivity (Wildman–Crippen MR) is 52.4 cm³/mol. The Balaban J connectivity index is 2.25. The van der Waals surface area contributed by atoms with Crippen LogP contribution in [-0.2, 0) is 4.32 Å². The number of hydrogen-bond donors (Lipinski definition) is 0. The van der Waals surface area contributed by atoms with Crippen LogP contribution in [0.15, 0.2) is 30.3 Å². The van der Waals surface area contributed by atoms with Crippen molar-refractivity contribution >= 4 is 15.9 Å². The van der Waals surface area contributed by atoms with Crippen molar-refractivity contribution in [1.82, 2.24) is 0 Å². The van der Waals surface area contributed by atoms with Gasteiger partial charge in [-0.15, -0.1) is 0 Å². The van der Waals surface area contributed by atoms with E-state index >= 15 is 0 Å². The summed E-state index contributed by atoms with van der Waals surface area (Å²) in [5.74, 6) is 0. The first-order valence-corrected chi connectivity index (χ1v) is 4.82. The molecule has 0 heterocycles. The molecule has 2 atom stereocenters. The fourth-order valence-corrected chi connectivity index (χ4v) is 2.23. The van der Waals surface area contributed by atoms with E-state index in [-0.39, 0.29) is 4.92 Å². The maximum Gasteiger partial charge on any atom is 0.234 e. The highest BCUT2D eigenvalue weighted by Gasteiger charge is 2.63. The van der Waals surface area contributed by atoms with Crippen LogP contribution in [0.4, 0.5) is 0 Å². The Hall–Kier alpha value is -0.900. The van der Waals surface area contributed by atoms with Gasteiger partial charge in [0.25, 0.3) is 0 Å². The van der Waals surface area contributed by atoms with Gasteiger partial charge >= 0.3 is 0 Å². The Morgan fingerprint density at radius 3 is 2.54 bits per heavy atom. The lowest BCUT2D eigenvalue weighted by molar-refractivity contribution is -0.497. The summed E-state index contributed by atoms with van der Waals surface area (Å²) in [6.45, 7) is 0. The van der Waals surface area contributed by atoms with Gasteiger partial charge in [-0.3, -0.25) is 10.1 Å². The molecule has 3 nitrogen and oxygen atoms in total. The summed E-state index contributed by atoms with van der Waals surface area (Å²) in [6, 6.07) is 9.07. The molecule has 0 spiro atoms. The Kier molecular flexibility index (Phi) is 1.87. The average molecular weight is 242 g/mol. The van der Waals surface area contributed by atoms with Crippen LogP contribution >= 0.6 is 15.9 Å². The molecule has 0 radical (unpaired) electrons. The molecule has 1 aliphatic carbocycles. The predicted octanol–water partition coefficient (Wildman–Crippen LogP) is 2.33. The molecular formula is C9H8BrNO2. The molecule has 4 heteroatoms. The topological polar surface area (TPSA) is 43.1 Å². The van der Waals surface area contributed by atoms with E-state index in [1.54, 1.807) is 0 Å². The van der Waals surface area contributed by atoms with E-state index in [2.05, 4.69) is 15.9 Å². The van der Waals surface area contributed by atoms with E-state index in [0.717, 1.165) is 5.56 Å². The normalized spacial score (nSPS) is 31.3. The van der Waals surface area contributed by atoms with Crippen molar-refractivity contribution in [2.75, 3.05) is 0 Å². The minimum absolute atomic E-state index is 0.220. The number of alkyl halides is 1. The Morgan fingerprint density at radius 2 is 2.08 bits per heavy atom. The lowest BCUT2D eigenvalue weighted by Gasteiger charge is -2.04. The third kappa shape index (κ3) is 1.35. The van der Waals surface area contributed by atoms with Gasteiger partial charge < -0.3 is 0 Å². The fraction of sp³-hybridized carbons (Fsp3) is 0.333. The smallest absolute Gasteiger partial charge is 0.234 e.